The van der Waals surface area contributed by atoms with Crippen molar-refractivity contribution < 1.29 is 29.9 Å². The Kier molecular flexibility index (Phi) is 10.6. The van der Waals surface area contributed by atoms with Crippen LogP contribution in [-0.2, 0) is 9.47 Å². The van der Waals surface area contributed by atoms with E-state index in [0.717, 1.165) is 38.5 Å². The highest BCUT2D eigenvalue weighted by atomic mass is 16.5. The standard InChI is InChI=1S/C23H42O6/c1-4-6-20(25)21(26)10-11-22(27)23-12-9-19(29-23)8-5-7-18(24)14-17-13-15(2)28-16(17)3/h13,15-16,18-27H,4-12,14H2,1-3H3/t15-,16+,18+,19+,20+,21+,22-,23-/m0/s1. The molecule has 2 heterocycles. The van der Waals surface area contributed by atoms with Gasteiger partial charge in [0.05, 0.1) is 48.8 Å². The van der Waals surface area contributed by atoms with Gasteiger partial charge >= 0.3 is 0 Å². The Morgan fingerprint density at radius 1 is 0.966 bits per heavy atom. The van der Waals surface area contributed by atoms with Crippen LogP contribution in [0.3, 0.4) is 0 Å². The second-order valence-electron chi connectivity index (χ2n) is 8.96. The Hall–Kier alpha value is -0.500. The summed E-state index contributed by atoms with van der Waals surface area (Å²) in [5.74, 6) is 0. The second-order valence-corrected chi connectivity index (χ2v) is 8.96. The van der Waals surface area contributed by atoms with Gasteiger partial charge in [-0.05, 0) is 77.2 Å². The summed E-state index contributed by atoms with van der Waals surface area (Å²) in [7, 11) is 0. The largest absolute Gasteiger partial charge is 0.393 e. The normalized spacial score (nSPS) is 31.5. The van der Waals surface area contributed by atoms with Gasteiger partial charge in [0.1, 0.15) is 0 Å². The smallest absolute Gasteiger partial charge is 0.0838 e. The fourth-order valence-electron chi connectivity index (χ4n) is 4.51. The first-order chi connectivity index (χ1) is 13.8. The van der Waals surface area contributed by atoms with Crippen molar-refractivity contribution in [3.05, 3.63) is 11.6 Å². The Labute approximate surface area is 175 Å². The van der Waals surface area contributed by atoms with Crippen molar-refractivity contribution in [1.82, 2.24) is 0 Å². The lowest BCUT2D eigenvalue weighted by molar-refractivity contribution is -0.0511. The fraction of sp³-hybridized carbons (Fsp3) is 0.913. The summed E-state index contributed by atoms with van der Waals surface area (Å²) >= 11 is 0. The number of rotatable bonds is 13. The van der Waals surface area contributed by atoms with Gasteiger partial charge in [-0.15, -0.1) is 0 Å². The van der Waals surface area contributed by atoms with Crippen LogP contribution in [0.15, 0.2) is 11.6 Å². The van der Waals surface area contributed by atoms with Crippen molar-refractivity contribution >= 4 is 0 Å². The Morgan fingerprint density at radius 3 is 2.34 bits per heavy atom. The zero-order valence-electron chi connectivity index (χ0n) is 18.4. The third kappa shape index (κ3) is 8.27. The van der Waals surface area contributed by atoms with E-state index in [0.29, 0.717) is 25.7 Å². The Morgan fingerprint density at radius 2 is 1.69 bits per heavy atom. The molecule has 4 N–H and O–H groups in total. The van der Waals surface area contributed by atoms with E-state index in [1.165, 1.54) is 5.57 Å². The van der Waals surface area contributed by atoms with Crippen LogP contribution in [0, 0.1) is 0 Å². The summed E-state index contributed by atoms with van der Waals surface area (Å²) in [6.45, 7) is 6.02. The van der Waals surface area contributed by atoms with Crippen LogP contribution in [-0.4, -0.2) is 69.3 Å². The fourth-order valence-corrected chi connectivity index (χ4v) is 4.51. The Balaban J connectivity index is 1.60. The van der Waals surface area contributed by atoms with E-state index in [4.69, 9.17) is 9.47 Å². The molecule has 170 valence electrons. The molecule has 8 atom stereocenters. The van der Waals surface area contributed by atoms with Crippen molar-refractivity contribution in [2.75, 3.05) is 0 Å². The van der Waals surface area contributed by atoms with E-state index in [1.807, 2.05) is 20.8 Å². The molecular weight excluding hydrogens is 372 g/mol. The van der Waals surface area contributed by atoms with Gasteiger partial charge < -0.3 is 29.9 Å². The number of aliphatic hydroxyl groups is 4. The highest BCUT2D eigenvalue weighted by Gasteiger charge is 2.31. The summed E-state index contributed by atoms with van der Waals surface area (Å²) in [6, 6.07) is 0. The lowest BCUT2D eigenvalue weighted by atomic mass is 9.98. The molecule has 0 aromatic carbocycles. The molecule has 0 radical (unpaired) electrons. The van der Waals surface area contributed by atoms with Crippen LogP contribution < -0.4 is 0 Å². The first-order valence-electron chi connectivity index (χ1n) is 11.5. The number of hydrogen-bond acceptors (Lipinski definition) is 6. The summed E-state index contributed by atoms with van der Waals surface area (Å²) < 4.78 is 11.7. The second kappa shape index (κ2) is 12.4. The first-order valence-corrected chi connectivity index (χ1v) is 11.5. The molecule has 6 heteroatoms. The minimum Gasteiger partial charge on any atom is -0.393 e. The highest BCUT2D eigenvalue weighted by molar-refractivity contribution is 5.15. The average molecular weight is 415 g/mol. The quantitative estimate of drug-likeness (QED) is 0.346. The number of hydrogen-bond donors (Lipinski definition) is 4. The topological polar surface area (TPSA) is 99.4 Å². The van der Waals surface area contributed by atoms with Crippen LogP contribution >= 0.6 is 0 Å². The molecule has 29 heavy (non-hydrogen) atoms. The van der Waals surface area contributed by atoms with E-state index in [2.05, 4.69) is 6.08 Å². The minimum absolute atomic E-state index is 0.0988. The lowest BCUT2D eigenvalue weighted by Gasteiger charge is -2.22. The molecule has 0 aromatic heterocycles. The monoisotopic (exact) mass is 414 g/mol. The molecule has 6 nitrogen and oxygen atoms in total. The number of ether oxygens (including phenoxy) is 2. The zero-order valence-corrected chi connectivity index (χ0v) is 18.4. The molecule has 2 rings (SSSR count). The van der Waals surface area contributed by atoms with Gasteiger partial charge in [0.2, 0.25) is 0 Å². The molecule has 0 unspecified atom stereocenters. The van der Waals surface area contributed by atoms with Crippen LogP contribution in [0.5, 0.6) is 0 Å². The molecule has 1 fully saturated rings. The van der Waals surface area contributed by atoms with Crippen molar-refractivity contribution in [2.45, 2.75) is 134 Å². The summed E-state index contributed by atoms with van der Waals surface area (Å²) in [4.78, 5) is 0. The van der Waals surface area contributed by atoms with E-state index in [9.17, 15) is 20.4 Å². The number of aliphatic hydroxyl groups excluding tert-OH is 4. The van der Waals surface area contributed by atoms with E-state index < -0.39 is 18.3 Å². The van der Waals surface area contributed by atoms with Crippen molar-refractivity contribution in [3.8, 4) is 0 Å². The molecule has 0 saturated carbocycles. The van der Waals surface area contributed by atoms with Gasteiger partial charge in [0, 0.05) is 0 Å². The Bertz CT molecular complexity index is 496. The molecule has 0 bridgehead atoms. The van der Waals surface area contributed by atoms with Gasteiger partial charge in [-0.2, -0.15) is 0 Å². The van der Waals surface area contributed by atoms with Gasteiger partial charge in [-0.1, -0.05) is 19.4 Å². The maximum Gasteiger partial charge on any atom is 0.0838 e. The van der Waals surface area contributed by atoms with Gasteiger partial charge in [0.25, 0.3) is 0 Å². The average Bonchev–Trinajstić information content (AvgIpc) is 3.26. The first kappa shape index (κ1) is 24.8. The summed E-state index contributed by atoms with van der Waals surface area (Å²) in [5.41, 5.74) is 1.19. The predicted molar refractivity (Wildman–Crippen MR) is 113 cm³/mol. The molecule has 0 aromatic rings. The third-order valence-electron chi connectivity index (χ3n) is 6.28. The van der Waals surface area contributed by atoms with Crippen LogP contribution in [0.2, 0.25) is 0 Å². The third-order valence-corrected chi connectivity index (χ3v) is 6.28. The van der Waals surface area contributed by atoms with Crippen LogP contribution in [0.4, 0.5) is 0 Å². The lowest BCUT2D eigenvalue weighted by Crippen LogP contribution is -2.31. The zero-order chi connectivity index (χ0) is 21.4. The molecule has 0 spiro atoms. The van der Waals surface area contributed by atoms with Gasteiger partial charge in [0.15, 0.2) is 0 Å². The van der Waals surface area contributed by atoms with Crippen molar-refractivity contribution in [1.29, 1.82) is 0 Å². The highest BCUT2D eigenvalue weighted by Crippen LogP contribution is 2.29. The molecular formula is C23H42O6. The van der Waals surface area contributed by atoms with Crippen molar-refractivity contribution in [3.63, 3.8) is 0 Å². The molecule has 0 aliphatic carbocycles. The van der Waals surface area contributed by atoms with Crippen LogP contribution in [0.1, 0.15) is 85.0 Å². The molecule has 0 amide bonds. The minimum atomic E-state index is -0.783. The van der Waals surface area contributed by atoms with E-state index >= 15 is 0 Å². The summed E-state index contributed by atoms with van der Waals surface area (Å²) in [5, 5.41) is 40.4. The maximum atomic E-state index is 10.4. The molecule has 2 aliphatic heterocycles. The van der Waals surface area contributed by atoms with E-state index in [-0.39, 0.29) is 30.5 Å². The molecule has 2 aliphatic rings. The van der Waals surface area contributed by atoms with Crippen molar-refractivity contribution in [2.24, 2.45) is 0 Å². The van der Waals surface area contributed by atoms with Gasteiger partial charge in [-0.25, -0.2) is 0 Å². The maximum absolute atomic E-state index is 10.4. The SMILES string of the molecule is CCC[C@@H](O)[C@H](O)CC[C@H](O)[C@@H]1CC[C@@H](CCC[C@@H](O)CC2=C[C@H](C)O[C@@H]2C)O1. The predicted octanol–water partition coefficient (Wildman–Crippen LogP) is 2.85. The van der Waals surface area contributed by atoms with E-state index in [1.54, 1.807) is 0 Å². The van der Waals surface area contributed by atoms with Crippen LogP contribution in [0.25, 0.3) is 0 Å². The van der Waals surface area contributed by atoms with Gasteiger partial charge in [-0.3, -0.25) is 0 Å². The summed E-state index contributed by atoms with van der Waals surface area (Å²) in [6.07, 6.45) is 7.00. The molecule has 1 saturated heterocycles.